The second-order valence-corrected chi connectivity index (χ2v) is 3.53. The summed E-state index contributed by atoms with van der Waals surface area (Å²) in [5.74, 6) is 0.518. The lowest BCUT2D eigenvalue weighted by molar-refractivity contribution is -0.115. The van der Waals surface area contributed by atoms with E-state index in [1.807, 2.05) is 26.0 Å². The zero-order valence-electron chi connectivity index (χ0n) is 9.63. The lowest BCUT2D eigenvalue weighted by Gasteiger charge is -2.11. The van der Waals surface area contributed by atoms with Crippen molar-refractivity contribution in [3.8, 4) is 11.8 Å². The maximum absolute atomic E-state index is 11.2. The van der Waals surface area contributed by atoms with Crippen molar-refractivity contribution in [2.75, 3.05) is 12.4 Å². The van der Waals surface area contributed by atoms with Crippen molar-refractivity contribution in [1.82, 2.24) is 0 Å². The van der Waals surface area contributed by atoms with Crippen LogP contribution < -0.4 is 10.1 Å². The Hall–Kier alpha value is -2.02. The van der Waals surface area contributed by atoms with E-state index in [4.69, 9.17) is 10.00 Å². The second kappa shape index (κ2) is 5.17. The third kappa shape index (κ3) is 2.74. The van der Waals surface area contributed by atoms with Gasteiger partial charge in [-0.15, -0.1) is 0 Å². The molecule has 84 valence electrons. The smallest absolute Gasteiger partial charge is 0.238 e. The fourth-order valence-electron chi connectivity index (χ4n) is 1.62. The van der Waals surface area contributed by atoms with Gasteiger partial charge in [-0.1, -0.05) is 0 Å². The normalized spacial score (nSPS) is 9.38. The molecule has 4 heteroatoms. The highest BCUT2D eigenvalue weighted by Gasteiger charge is 2.07. The second-order valence-electron chi connectivity index (χ2n) is 3.53. The molecule has 0 unspecified atom stereocenters. The molecule has 0 atom stereocenters. The molecular weight excluding hydrogens is 204 g/mol. The van der Waals surface area contributed by atoms with Crippen LogP contribution in [0.2, 0.25) is 0 Å². The molecule has 0 saturated carbocycles. The van der Waals surface area contributed by atoms with E-state index in [0.717, 1.165) is 16.9 Å². The molecule has 0 bridgehead atoms. The number of nitrogens with one attached hydrogen (secondary N) is 1. The van der Waals surface area contributed by atoms with Crippen molar-refractivity contribution in [3.63, 3.8) is 0 Å². The highest BCUT2D eigenvalue weighted by Crippen LogP contribution is 2.26. The first-order chi connectivity index (χ1) is 7.58. The number of anilines is 1. The van der Waals surface area contributed by atoms with Crippen molar-refractivity contribution in [1.29, 1.82) is 5.26 Å². The van der Waals surface area contributed by atoms with Crippen molar-refractivity contribution < 1.29 is 9.53 Å². The molecule has 0 fully saturated rings. The zero-order chi connectivity index (χ0) is 12.1. The van der Waals surface area contributed by atoms with E-state index in [1.54, 1.807) is 13.2 Å². The summed E-state index contributed by atoms with van der Waals surface area (Å²) in [6, 6.07) is 5.44. The minimum atomic E-state index is -0.300. The number of hydrogen-bond acceptors (Lipinski definition) is 3. The predicted molar refractivity (Wildman–Crippen MR) is 61.3 cm³/mol. The van der Waals surface area contributed by atoms with Crippen LogP contribution in [0.5, 0.6) is 5.75 Å². The van der Waals surface area contributed by atoms with E-state index in [0.29, 0.717) is 5.69 Å². The Kier molecular flexibility index (Phi) is 3.90. The highest BCUT2D eigenvalue weighted by molar-refractivity contribution is 5.92. The standard InChI is InChI=1S/C12H14N2O2/c1-8-6-10(14-11(15)4-5-13)7-9(2)12(8)16-3/h6-7H,4H2,1-3H3,(H,14,15). The van der Waals surface area contributed by atoms with Crippen LogP contribution in [-0.2, 0) is 4.79 Å². The van der Waals surface area contributed by atoms with Gasteiger partial charge in [-0.05, 0) is 37.1 Å². The molecule has 0 spiro atoms. The number of benzene rings is 1. The highest BCUT2D eigenvalue weighted by atomic mass is 16.5. The van der Waals surface area contributed by atoms with Gasteiger partial charge in [0.1, 0.15) is 12.2 Å². The Bertz CT molecular complexity index is 424. The minimum Gasteiger partial charge on any atom is -0.496 e. The third-order valence-electron chi connectivity index (χ3n) is 2.19. The third-order valence-corrected chi connectivity index (χ3v) is 2.19. The predicted octanol–water partition coefficient (Wildman–Crippen LogP) is 2.16. The first-order valence-corrected chi connectivity index (χ1v) is 4.90. The summed E-state index contributed by atoms with van der Waals surface area (Å²) >= 11 is 0. The number of methoxy groups -OCH3 is 1. The first kappa shape index (κ1) is 12.1. The van der Waals surface area contributed by atoms with Gasteiger partial charge >= 0.3 is 0 Å². The van der Waals surface area contributed by atoms with Gasteiger partial charge in [-0.25, -0.2) is 0 Å². The average molecular weight is 218 g/mol. The van der Waals surface area contributed by atoms with Crippen LogP contribution in [0.3, 0.4) is 0 Å². The topological polar surface area (TPSA) is 62.1 Å². The molecule has 1 rings (SSSR count). The van der Waals surface area contributed by atoms with Crippen molar-refractivity contribution in [2.45, 2.75) is 20.3 Å². The molecule has 1 amide bonds. The van der Waals surface area contributed by atoms with Crippen molar-refractivity contribution >= 4 is 11.6 Å². The van der Waals surface area contributed by atoms with E-state index in [-0.39, 0.29) is 12.3 Å². The Labute approximate surface area is 94.8 Å². The number of nitriles is 1. The number of aryl methyl sites for hydroxylation is 2. The number of nitrogens with zero attached hydrogens (tertiary/aromatic N) is 1. The zero-order valence-corrected chi connectivity index (χ0v) is 9.63. The number of ether oxygens (including phenoxy) is 1. The van der Waals surface area contributed by atoms with Crippen molar-refractivity contribution in [3.05, 3.63) is 23.3 Å². The number of hydrogen-bond donors (Lipinski definition) is 1. The van der Waals surface area contributed by atoms with Crippen LogP contribution in [0.15, 0.2) is 12.1 Å². The van der Waals surface area contributed by atoms with E-state index < -0.39 is 0 Å². The molecule has 4 nitrogen and oxygen atoms in total. The molecule has 0 saturated heterocycles. The van der Waals surface area contributed by atoms with Crippen LogP contribution in [0.4, 0.5) is 5.69 Å². The summed E-state index contributed by atoms with van der Waals surface area (Å²) in [6.45, 7) is 3.82. The SMILES string of the molecule is COc1c(C)cc(NC(=O)CC#N)cc1C. The van der Waals surface area contributed by atoms with E-state index in [9.17, 15) is 4.79 Å². The minimum absolute atomic E-state index is 0.135. The van der Waals surface area contributed by atoms with Gasteiger partial charge in [-0.3, -0.25) is 4.79 Å². The Morgan fingerprint density at radius 2 is 2.00 bits per heavy atom. The fraction of sp³-hybridized carbons (Fsp3) is 0.333. The van der Waals surface area contributed by atoms with Gasteiger partial charge in [0.15, 0.2) is 0 Å². The molecule has 0 radical (unpaired) electrons. The quantitative estimate of drug-likeness (QED) is 0.845. The van der Waals surface area contributed by atoms with E-state index >= 15 is 0 Å². The molecule has 1 N–H and O–H groups in total. The number of amides is 1. The monoisotopic (exact) mass is 218 g/mol. The number of carbonyl (C=O) groups is 1. The molecule has 0 aliphatic heterocycles. The summed E-state index contributed by atoms with van der Waals surface area (Å²) < 4.78 is 5.22. The van der Waals surface area contributed by atoms with Crippen LogP contribution >= 0.6 is 0 Å². The van der Waals surface area contributed by atoms with E-state index in [1.165, 1.54) is 0 Å². The maximum Gasteiger partial charge on any atom is 0.238 e. The average Bonchev–Trinajstić information content (AvgIpc) is 2.17. The summed E-state index contributed by atoms with van der Waals surface area (Å²) in [7, 11) is 1.61. The molecule has 16 heavy (non-hydrogen) atoms. The lowest BCUT2D eigenvalue weighted by atomic mass is 10.1. The van der Waals surface area contributed by atoms with Gasteiger partial charge in [0.05, 0.1) is 13.2 Å². The van der Waals surface area contributed by atoms with Gasteiger partial charge in [0.25, 0.3) is 0 Å². The Morgan fingerprint density at radius 1 is 1.44 bits per heavy atom. The summed E-state index contributed by atoms with van der Waals surface area (Å²) in [5, 5.41) is 11.0. The van der Waals surface area contributed by atoms with Crippen molar-refractivity contribution in [2.24, 2.45) is 0 Å². The number of carbonyl (C=O) groups excluding carboxylic acids is 1. The molecule has 0 heterocycles. The summed E-state index contributed by atoms with van der Waals surface area (Å²) in [5.41, 5.74) is 2.60. The number of rotatable bonds is 3. The maximum atomic E-state index is 11.2. The molecule has 0 aromatic heterocycles. The van der Waals surface area contributed by atoms with Gasteiger partial charge < -0.3 is 10.1 Å². The van der Waals surface area contributed by atoms with E-state index in [2.05, 4.69) is 5.32 Å². The van der Waals surface area contributed by atoms with Crippen LogP contribution in [0.25, 0.3) is 0 Å². The fourth-order valence-corrected chi connectivity index (χ4v) is 1.62. The van der Waals surface area contributed by atoms with Gasteiger partial charge in [-0.2, -0.15) is 5.26 Å². The largest absolute Gasteiger partial charge is 0.496 e. The van der Waals surface area contributed by atoms with Crippen LogP contribution in [0.1, 0.15) is 17.5 Å². The summed E-state index contributed by atoms with van der Waals surface area (Å²) in [6.07, 6.45) is -0.135. The molecular formula is C12H14N2O2. The summed E-state index contributed by atoms with van der Waals surface area (Å²) in [4.78, 5) is 11.2. The molecule has 1 aromatic rings. The molecule has 0 aliphatic rings. The van der Waals surface area contributed by atoms with Crippen LogP contribution in [-0.4, -0.2) is 13.0 Å². The Morgan fingerprint density at radius 3 is 2.44 bits per heavy atom. The van der Waals surface area contributed by atoms with Gasteiger partial charge in [0.2, 0.25) is 5.91 Å². The molecule has 0 aliphatic carbocycles. The lowest BCUT2D eigenvalue weighted by Crippen LogP contribution is -2.10. The first-order valence-electron chi connectivity index (χ1n) is 4.90. The Balaban J connectivity index is 2.92. The molecule has 1 aromatic carbocycles. The van der Waals surface area contributed by atoms with Crippen LogP contribution in [0, 0.1) is 25.2 Å². The van der Waals surface area contributed by atoms with Gasteiger partial charge in [0, 0.05) is 5.69 Å².